The summed E-state index contributed by atoms with van der Waals surface area (Å²) >= 11 is 0. The van der Waals surface area contributed by atoms with E-state index < -0.39 is 0 Å². The topological polar surface area (TPSA) is 24.9 Å². The van der Waals surface area contributed by atoms with Crippen LogP contribution < -0.4 is 4.57 Å². The minimum absolute atomic E-state index is 0.773. The van der Waals surface area contributed by atoms with E-state index in [0.717, 1.165) is 36.7 Å². The molecule has 0 aliphatic rings. The molecule has 1 unspecified atom stereocenters. The number of nitrogens with zero attached hydrogens (tertiary/aromatic N) is 4. The molecule has 0 bridgehead atoms. The average Bonchev–Trinajstić information content (AvgIpc) is 3.06. The SMILES string of the molecule is CCC(C)CCC[n+]1c2cc(C)c(C)cc2nc2c1c1ccccc1n2CCN(C)C. The number of fused-ring (bicyclic) bond motifs is 4. The molecule has 2 heterocycles. The first-order chi connectivity index (χ1) is 14.9. The Balaban J connectivity index is 1.99. The fourth-order valence-corrected chi connectivity index (χ4v) is 4.54. The van der Waals surface area contributed by atoms with Crippen LogP contribution >= 0.6 is 0 Å². The third-order valence-corrected chi connectivity index (χ3v) is 6.84. The zero-order valence-corrected chi connectivity index (χ0v) is 20.1. The van der Waals surface area contributed by atoms with Crippen molar-refractivity contribution in [2.45, 2.75) is 60.0 Å². The summed E-state index contributed by atoms with van der Waals surface area (Å²) in [6.07, 6.45) is 3.70. The fraction of sp³-hybridized carbons (Fsp3) is 0.481. The Kier molecular flexibility index (Phi) is 6.29. The van der Waals surface area contributed by atoms with Gasteiger partial charge < -0.3 is 9.47 Å². The van der Waals surface area contributed by atoms with Crippen molar-refractivity contribution in [1.82, 2.24) is 14.5 Å². The van der Waals surface area contributed by atoms with Gasteiger partial charge in [-0.1, -0.05) is 32.4 Å². The van der Waals surface area contributed by atoms with E-state index in [4.69, 9.17) is 4.98 Å². The van der Waals surface area contributed by atoms with Gasteiger partial charge in [0.15, 0.2) is 0 Å². The lowest BCUT2D eigenvalue weighted by atomic mass is 10.0. The number of likely N-dealkylation sites (N-methyl/N-ethyl adjacent to an activating group) is 1. The second-order valence-corrected chi connectivity index (χ2v) is 9.49. The van der Waals surface area contributed by atoms with Gasteiger partial charge in [-0.05, 0) is 69.6 Å². The fourth-order valence-electron chi connectivity index (χ4n) is 4.54. The first-order valence-corrected chi connectivity index (χ1v) is 11.8. The smallest absolute Gasteiger partial charge is 0.258 e. The molecule has 1 atom stereocenters. The summed E-state index contributed by atoms with van der Waals surface area (Å²) in [5, 5.41) is 1.31. The van der Waals surface area contributed by atoms with Gasteiger partial charge >= 0.3 is 0 Å². The second-order valence-electron chi connectivity index (χ2n) is 9.49. The lowest BCUT2D eigenvalue weighted by molar-refractivity contribution is -0.645. The van der Waals surface area contributed by atoms with Crippen LogP contribution in [-0.4, -0.2) is 35.1 Å². The Labute approximate surface area is 186 Å². The molecule has 0 saturated carbocycles. The van der Waals surface area contributed by atoms with Gasteiger partial charge in [0.25, 0.3) is 5.52 Å². The number of para-hydroxylation sites is 1. The van der Waals surface area contributed by atoms with Crippen LogP contribution in [0.15, 0.2) is 36.4 Å². The molecule has 0 aliphatic carbocycles. The molecule has 0 fully saturated rings. The van der Waals surface area contributed by atoms with E-state index in [-0.39, 0.29) is 0 Å². The monoisotopic (exact) mass is 417 g/mol. The Morgan fingerprint density at radius 1 is 1.10 bits per heavy atom. The van der Waals surface area contributed by atoms with E-state index in [0.29, 0.717) is 0 Å². The van der Waals surface area contributed by atoms with E-state index in [9.17, 15) is 0 Å². The second kappa shape index (κ2) is 8.96. The Morgan fingerprint density at radius 2 is 1.84 bits per heavy atom. The van der Waals surface area contributed by atoms with Crippen molar-refractivity contribution in [2.24, 2.45) is 5.92 Å². The van der Waals surface area contributed by atoms with Crippen LogP contribution in [0, 0.1) is 19.8 Å². The van der Waals surface area contributed by atoms with Gasteiger partial charge in [0.1, 0.15) is 12.1 Å². The van der Waals surface area contributed by atoms with Gasteiger partial charge in [-0.15, -0.1) is 0 Å². The number of hydrogen-bond acceptors (Lipinski definition) is 2. The van der Waals surface area contributed by atoms with Crippen molar-refractivity contribution >= 4 is 33.1 Å². The minimum Gasteiger partial charge on any atom is -0.319 e. The van der Waals surface area contributed by atoms with Crippen LogP contribution in [0.5, 0.6) is 0 Å². The molecule has 4 rings (SSSR count). The summed E-state index contributed by atoms with van der Waals surface area (Å²) in [6.45, 7) is 12.0. The normalized spacial score (nSPS) is 13.1. The molecule has 2 aromatic heterocycles. The highest BCUT2D eigenvalue weighted by Crippen LogP contribution is 2.28. The van der Waals surface area contributed by atoms with Crippen molar-refractivity contribution in [2.75, 3.05) is 20.6 Å². The average molecular weight is 418 g/mol. The van der Waals surface area contributed by atoms with Crippen molar-refractivity contribution < 1.29 is 4.57 Å². The molecule has 4 nitrogen and oxygen atoms in total. The summed E-state index contributed by atoms with van der Waals surface area (Å²) in [4.78, 5) is 7.48. The Bertz CT molecular complexity index is 1220. The van der Waals surface area contributed by atoms with Gasteiger partial charge in [-0.3, -0.25) is 0 Å². The molecule has 0 aliphatic heterocycles. The molecular formula is C27H37N4+. The number of aryl methyl sites for hydroxylation is 3. The number of aromatic nitrogens is 3. The van der Waals surface area contributed by atoms with E-state index >= 15 is 0 Å². The third-order valence-electron chi connectivity index (χ3n) is 6.84. The van der Waals surface area contributed by atoms with Gasteiger partial charge in [0, 0.05) is 25.6 Å². The Morgan fingerprint density at radius 3 is 2.58 bits per heavy atom. The van der Waals surface area contributed by atoms with Crippen molar-refractivity contribution in [3.8, 4) is 0 Å². The maximum absolute atomic E-state index is 5.24. The highest BCUT2D eigenvalue weighted by molar-refractivity contribution is 6.04. The van der Waals surface area contributed by atoms with Gasteiger partial charge in [0.05, 0.1) is 10.9 Å². The summed E-state index contributed by atoms with van der Waals surface area (Å²) < 4.78 is 4.98. The quantitative estimate of drug-likeness (QED) is 0.347. The standard InChI is InChI=1S/C27H37N4/c1-7-19(2)11-10-14-30-25-18-21(4)20(3)17-23(25)28-27-26(30)22-12-8-9-13-24(22)31(27)16-15-29(5)6/h8-9,12-13,17-19H,7,10-11,14-16H2,1-6H3/q+1. The van der Waals surface area contributed by atoms with Crippen molar-refractivity contribution in [3.63, 3.8) is 0 Å². The Hall–Kier alpha value is -2.46. The van der Waals surface area contributed by atoms with E-state index in [2.05, 4.69) is 92.2 Å². The zero-order chi connectivity index (χ0) is 22.1. The van der Waals surface area contributed by atoms with Crippen LogP contribution in [0.25, 0.3) is 33.1 Å². The van der Waals surface area contributed by atoms with Crippen molar-refractivity contribution in [3.05, 3.63) is 47.5 Å². The van der Waals surface area contributed by atoms with Crippen LogP contribution in [-0.2, 0) is 13.1 Å². The number of rotatable bonds is 8. The maximum atomic E-state index is 5.24. The van der Waals surface area contributed by atoms with Gasteiger partial charge in [-0.2, -0.15) is 4.57 Å². The third kappa shape index (κ3) is 4.18. The first-order valence-electron chi connectivity index (χ1n) is 11.8. The van der Waals surface area contributed by atoms with Gasteiger partial charge in [0.2, 0.25) is 11.2 Å². The molecule has 0 radical (unpaired) electrons. The lowest BCUT2D eigenvalue weighted by Crippen LogP contribution is -2.36. The van der Waals surface area contributed by atoms with Crippen LogP contribution in [0.3, 0.4) is 0 Å². The molecule has 0 saturated heterocycles. The molecule has 0 N–H and O–H groups in total. The summed E-state index contributed by atoms with van der Waals surface area (Å²) in [5.74, 6) is 0.773. The molecular weight excluding hydrogens is 380 g/mol. The highest BCUT2D eigenvalue weighted by atomic mass is 15.1. The highest BCUT2D eigenvalue weighted by Gasteiger charge is 2.25. The molecule has 0 amide bonds. The van der Waals surface area contributed by atoms with Crippen LogP contribution in [0.2, 0.25) is 0 Å². The van der Waals surface area contributed by atoms with Gasteiger partial charge in [-0.25, -0.2) is 4.98 Å². The summed E-state index contributed by atoms with van der Waals surface area (Å²) in [6, 6.07) is 13.4. The largest absolute Gasteiger partial charge is 0.319 e. The predicted molar refractivity (Wildman–Crippen MR) is 132 cm³/mol. The van der Waals surface area contributed by atoms with Crippen molar-refractivity contribution in [1.29, 1.82) is 0 Å². The predicted octanol–water partition coefficient (Wildman–Crippen LogP) is 5.63. The van der Waals surface area contributed by atoms with Crippen LogP contribution in [0.4, 0.5) is 0 Å². The molecule has 0 spiro atoms. The van der Waals surface area contributed by atoms with E-state index in [1.54, 1.807) is 0 Å². The maximum Gasteiger partial charge on any atom is 0.258 e. The number of benzene rings is 2. The molecule has 31 heavy (non-hydrogen) atoms. The van der Waals surface area contributed by atoms with E-state index in [1.807, 2.05) is 0 Å². The number of hydrogen-bond donors (Lipinski definition) is 0. The summed E-state index contributed by atoms with van der Waals surface area (Å²) in [5.41, 5.74) is 8.69. The zero-order valence-electron chi connectivity index (χ0n) is 20.1. The minimum atomic E-state index is 0.773. The molecule has 2 aromatic carbocycles. The summed E-state index contributed by atoms with van der Waals surface area (Å²) in [7, 11) is 4.27. The molecule has 4 aromatic rings. The first kappa shape index (κ1) is 21.8. The van der Waals surface area contributed by atoms with E-state index in [1.165, 1.54) is 52.3 Å². The molecule has 4 heteroatoms. The molecule has 164 valence electrons. The lowest BCUT2D eigenvalue weighted by Gasteiger charge is -2.12. The van der Waals surface area contributed by atoms with Crippen LogP contribution in [0.1, 0.15) is 44.2 Å².